The van der Waals surface area contributed by atoms with Crippen molar-refractivity contribution in [2.75, 3.05) is 6.54 Å². The first-order valence-electron chi connectivity index (χ1n) is 6.56. The highest BCUT2D eigenvalue weighted by molar-refractivity contribution is 5.75. The zero-order valence-corrected chi connectivity index (χ0v) is 11.9. The van der Waals surface area contributed by atoms with Crippen molar-refractivity contribution in [2.45, 2.75) is 19.5 Å². The summed E-state index contributed by atoms with van der Waals surface area (Å²) in [6.07, 6.45) is 4.87. The molecule has 0 atom stereocenters. The largest absolute Gasteiger partial charge is 0.354 e. The summed E-state index contributed by atoms with van der Waals surface area (Å²) in [7, 11) is 0. The van der Waals surface area contributed by atoms with Crippen molar-refractivity contribution in [3.63, 3.8) is 0 Å². The fourth-order valence-corrected chi connectivity index (χ4v) is 1.75. The molecule has 0 bridgehead atoms. The summed E-state index contributed by atoms with van der Waals surface area (Å²) >= 11 is 0. The van der Waals surface area contributed by atoms with Crippen LogP contribution in [-0.4, -0.2) is 41.9 Å². The Labute approximate surface area is 129 Å². The van der Waals surface area contributed by atoms with Gasteiger partial charge in [0, 0.05) is 19.5 Å². The predicted octanol–water partition coefficient (Wildman–Crippen LogP) is 0.102. The van der Waals surface area contributed by atoms with Gasteiger partial charge in [-0.15, -0.1) is 0 Å². The van der Waals surface area contributed by atoms with Crippen molar-refractivity contribution < 1.29 is 14.6 Å². The van der Waals surface area contributed by atoms with E-state index >= 15 is 0 Å². The molecule has 0 fully saturated rings. The Morgan fingerprint density at radius 2 is 1.57 bits per heavy atom. The highest BCUT2D eigenvalue weighted by atomic mass is 16.6. The molecule has 0 spiro atoms. The molecule has 23 heavy (non-hydrogen) atoms. The zero-order chi connectivity index (χ0) is 16.8. The van der Waals surface area contributed by atoms with Gasteiger partial charge >= 0.3 is 11.4 Å². The third-order valence-corrected chi connectivity index (χ3v) is 2.89. The van der Waals surface area contributed by atoms with Crippen molar-refractivity contribution in [1.29, 1.82) is 0 Å². The molecule has 0 aliphatic heterocycles. The molecule has 1 N–H and O–H groups in total. The van der Waals surface area contributed by atoms with Crippen LogP contribution >= 0.6 is 0 Å². The first-order valence-corrected chi connectivity index (χ1v) is 6.56. The van der Waals surface area contributed by atoms with E-state index in [1.165, 1.54) is 21.8 Å². The van der Waals surface area contributed by atoms with Crippen LogP contribution in [0.15, 0.2) is 24.8 Å². The maximum absolute atomic E-state index is 11.6. The number of rotatable bonds is 8. The van der Waals surface area contributed by atoms with E-state index in [1.807, 2.05) is 0 Å². The second-order valence-electron chi connectivity index (χ2n) is 4.54. The lowest BCUT2D eigenvalue weighted by molar-refractivity contribution is -0.385. The molecule has 0 unspecified atom stereocenters. The summed E-state index contributed by atoms with van der Waals surface area (Å²) in [6, 6.07) is 0. The van der Waals surface area contributed by atoms with Crippen LogP contribution in [0.25, 0.3) is 0 Å². The molecule has 0 saturated heterocycles. The van der Waals surface area contributed by atoms with E-state index in [4.69, 9.17) is 0 Å². The summed E-state index contributed by atoms with van der Waals surface area (Å²) in [5.74, 6) is -0.259. The van der Waals surface area contributed by atoms with E-state index in [1.54, 1.807) is 0 Å². The minimum atomic E-state index is -0.563. The van der Waals surface area contributed by atoms with Crippen molar-refractivity contribution in [1.82, 2.24) is 24.9 Å². The minimum Gasteiger partial charge on any atom is -0.354 e. The van der Waals surface area contributed by atoms with Crippen molar-refractivity contribution >= 4 is 17.3 Å². The molecule has 2 heterocycles. The second kappa shape index (κ2) is 7.11. The molecule has 1 amide bonds. The zero-order valence-electron chi connectivity index (χ0n) is 11.9. The molecule has 0 aromatic carbocycles. The van der Waals surface area contributed by atoms with Gasteiger partial charge in [0.25, 0.3) is 0 Å². The molecule has 12 nitrogen and oxygen atoms in total. The fraction of sp³-hybridized carbons (Fsp3) is 0.364. The standard InChI is InChI=1S/C11H13N7O5/c19-11(1-3-15-7-9(5-13-15)17(20)21)12-2-4-16-8-10(6-14-16)18(22)23/h5-8H,1-4H2,(H,12,19). The fourth-order valence-electron chi connectivity index (χ4n) is 1.75. The number of nitrogens with zero attached hydrogens (tertiary/aromatic N) is 6. The van der Waals surface area contributed by atoms with Crippen LogP contribution in [0, 0.1) is 20.2 Å². The lowest BCUT2D eigenvalue weighted by atomic mass is 10.4. The van der Waals surface area contributed by atoms with Gasteiger partial charge in [-0.25, -0.2) is 0 Å². The Morgan fingerprint density at radius 1 is 1.04 bits per heavy atom. The molecule has 122 valence electrons. The smallest absolute Gasteiger partial charge is 0.306 e. The van der Waals surface area contributed by atoms with Crippen LogP contribution in [-0.2, 0) is 17.9 Å². The van der Waals surface area contributed by atoms with Crippen molar-refractivity contribution in [2.24, 2.45) is 0 Å². The summed E-state index contributed by atoms with van der Waals surface area (Å²) < 4.78 is 2.67. The number of nitrogens with one attached hydrogen (secondary N) is 1. The van der Waals surface area contributed by atoms with Gasteiger partial charge in [-0.1, -0.05) is 0 Å². The van der Waals surface area contributed by atoms with E-state index in [0.29, 0.717) is 6.54 Å². The average molecular weight is 323 g/mol. The van der Waals surface area contributed by atoms with Gasteiger partial charge in [0.1, 0.15) is 24.8 Å². The number of aryl methyl sites for hydroxylation is 1. The van der Waals surface area contributed by atoms with Crippen LogP contribution < -0.4 is 5.32 Å². The lowest BCUT2D eigenvalue weighted by Crippen LogP contribution is -2.28. The lowest BCUT2D eigenvalue weighted by Gasteiger charge is -2.05. The average Bonchev–Trinajstić information content (AvgIpc) is 3.14. The first-order chi connectivity index (χ1) is 11.0. The van der Waals surface area contributed by atoms with Gasteiger partial charge in [-0.05, 0) is 0 Å². The Kier molecular flexibility index (Phi) is 4.96. The molecule has 0 aliphatic carbocycles. The van der Waals surface area contributed by atoms with Crippen molar-refractivity contribution in [3.8, 4) is 0 Å². The molecule has 2 rings (SSSR count). The second-order valence-corrected chi connectivity index (χ2v) is 4.54. The number of aromatic nitrogens is 4. The molecule has 0 saturated carbocycles. The van der Waals surface area contributed by atoms with E-state index in [-0.39, 0.29) is 36.8 Å². The Balaban J connectivity index is 1.70. The van der Waals surface area contributed by atoms with Gasteiger partial charge in [-0.3, -0.25) is 34.4 Å². The number of hydrogen-bond acceptors (Lipinski definition) is 7. The van der Waals surface area contributed by atoms with E-state index in [9.17, 15) is 25.0 Å². The molecule has 0 aliphatic rings. The maximum Gasteiger partial charge on any atom is 0.306 e. The number of hydrogen-bond donors (Lipinski definition) is 1. The number of carbonyl (C=O) groups excluding carboxylic acids is 1. The highest BCUT2D eigenvalue weighted by Gasteiger charge is 2.10. The molecular formula is C11H13N7O5. The third-order valence-electron chi connectivity index (χ3n) is 2.89. The summed E-state index contributed by atoms with van der Waals surface area (Å²) in [6.45, 7) is 0.774. The minimum absolute atomic E-state index is 0.109. The Bertz CT molecular complexity index is 722. The van der Waals surface area contributed by atoms with E-state index in [2.05, 4.69) is 15.5 Å². The van der Waals surface area contributed by atoms with Gasteiger partial charge in [-0.2, -0.15) is 10.2 Å². The van der Waals surface area contributed by atoms with Gasteiger partial charge in [0.15, 0.2) is 0 Å². The summed E-state index contributed by atoms with van der Waals surface area (Å²) in [5.41, 5.74) is -0.248. The van der Waals surface area contributed by atoms with Crippen molar-refractivity contribution in [3.05, 3.63) is 45.0 Å². The molecular weight excluding hydrogens is 310 g/mol. The van der Waals surface area contributed by atoms with Crippen LogP contribution in [0.1, 0.15) is 6.42 Å². The van der Waals surface area contributed by atoms with Gasteiger partial charge < -0.3 is 5.32 Å². The van der Waals surface area contributed by atoms with Crippen LogP contribution in [0.4, 0.5) is 11.4 Å². The summed E-state index contributed by atoms with van der Waals surface area (Å²) in [4.78, 5) is 31.5. The predicted molar refractivity (Wildman–Crippen MR) is 75.4 cm³/mol. The molecule has 0 radical (unpaired) electrons. The van der Waals surface area contributed by atoms with Crippen LogP contribution in [0.3, 0.4) is 0 Å². The molecule has 2 aromatic heterocycles. The third kappa shape index (κ3) is 4.59. The number of amides is 1. The maximum atomic E-state index is 11.6. The van der Waals surface area contributed by atoms with Crippen LogP contribution in [0.5, 0.6) is 0 Å². The van der Waals surface area contributed by atoms with E-state index < -0.39 is 9.85 Å². The molecule has 2 aromatic rings. The van der Waals surface area contributed by atoms with Crippen LogP contribution in [0.2, 0.25) is 0 Å². The quantitative estimate of drug-likeness (QED) is 0.534. The topological polar surface area (TPSA) is 151 Å². The Morgan fingerprint density at radius 3 is 2.04 bits per heavy atom. The number of nitro groups is 2. The monoisotopic (exact) mass is 323 g/mol. The first kappa shape index (κ1) is 16.1. The van der Waals surface area contributed by atoms with Gasteiger partial charge in [0.05, 0.1) is 16.4 Å². The SMILES string of the molecule is O=C(CCn1cc([N+](=O)[O-])cn1)NCCn1cc([N+](=O)[O-])cn1. The van der Waals surface area contributed by atoms with Gasteiger partial charge in [0.2, 0.25) is 5.91 Å². The summed E-state index contributed by atoms with van der Waals surface area (Å²) in [5, 5.41) is 31.2. The van der Waals surface area contributed by atoms with E-state index in [0.717, 1.165) is 12.4 Å². The Hall–Kier alpha value is -3.31. The molecule has 12 heteroatoms. The number of carbonyl (C=O) groups is 1. The highest BCUT2D eigenvalue weighted by Crippen LogP contribution is 2.08. The normalized spacial score (nSPS) is 10.4.